The molecule has 0 aliphatic heterocycles. The van der Waals surface area contributed by atoms with E-state index < -0.39 is 11.6 Å². The zero-order chi connectivity index (χ0) is 8.95. The summed E-state index contributed by atoms with van der Waals surface area (Å²) in [5, 5.41) is 5.22. The minimum absolute atomic E-state index is 0. The van der Waals surface area contributed by atoms with Gasteiger partial charge in [-0.25, -0.2) is 8.42 Å². The molecule has 0 saturated carbocycles. The van der Waals surface area contributed by atoms with Crippen LogP contribution in [0.5, 0.6) is 0 Å². The smallest absolute Gasteiger partial charge is 0.590 e. The van der Waals surface area contributed by atoms with E-state index in [0.29, 0.717) is 0 Å². The van der Waals surface area contributed by atoms with Crippen molar-refractivity contribution in [3.8, 4) is 0 Å². The van der Waals surface area contributed by atoms with Crippen LogP contribution < -0.4 is 29.6 Å². The Labute approximate surface area is 102 Å². The molecule has 0 unspecified atom stereocenters. The van der Waals surface area contributed by atoms with Gasteiger partial charge in [0.15, 0.2) is 0 Å². The molecule has 0 aliphatic rings. The number of nitrogens with one attached hydrogen (secondary N) is 1. The van der Waals surface area contributed by atoms with E-state index in [0.717, 1.165) is 0 Å². The van der Waals surface area contributed by atoms with Gasteiger partial charge in [-0.05, 0) is 0 Å². The molecule has 0 heterocycles. The molecular weight excluding hydrogens is 209 g/mol. The first-order valence-corrected chi connectivity index (χ1v) is 3.79. The zero-order valence-electron chi connectivity index (χ0n) is 6.66. The monoisotopic (exact) mass is 217 g/mol. The van der Waals surface area contributed by atoms with Crippen molar-refractivity contribution in [3.05, 3.63) is 41.7 Å². The van der Waals surface area contributed by atoms with Crippen molar-refractivity contribution in [2.45, 2.75) is 0 Å². The predicted octanol–water partition coefficient (Wildman–Crippen LogP) is -1.32. The average Bonchev–Trinajstić information content (AvgIpc) is 2.12. The Kier molecular flexibility index (Phi) is 34.3. The summed E-state index contributed by atoms with van der Waals surface area (Å²) in [6.07, 6.45) is 0. The van der Waals surface area contributed by atoms with Gasteiger partial charge in [0.25, 0.3) is 0 Å². The molecule has 6 heteroatoms. The van der Waals surface area contributed by atoms with Gasteiger partial charge in [-0.3, -0.25) is 11.8 Å². The summed E-state index contributed by atoms with van der Waals surface area (Å²) in [7, 11) is 0. The summed E-state index contributed by atoms with van der Waals surface area (Å²) in [5.74, 6) is 0. The largest absolute Gasteiger partial charge is 1.00 e. The van der Waals surface area contributed by atoms with Crippen molar-refractivity contribution in [2.75, 3.05) is 0 Å². The number of benzene rings is 1. The second-order valence-corrected chi connectivity index (χ2v) is 1.40. The molecule has 12 heavy (non-hydrogen) atoms. The Morgan fingerprint density at radius 1 is 0.833 bits per heavy atom. The van der Waals surface area contributed by atoms with Gasteiger partial charge in [0.1, 0.15) is 11.6 Å². The van der Waals surface area contributed by atoms with Crippen molar-refractivity contribution >= 4 is 23.3 Å². The molecule has 0 fully saturated rings. The Balaban J connectivity index is -0.000000119. The summed E-state index contributed by atoms with van der Waals surface area (Å²) in [6, 6.07) is 12.0. The van der Waals surface area contributed by atoms with Gasteiger partial charge < -0.3 is 5.25 Å². The summed E-state index contributed by atoms with van der Waals surface area (Å²) >= 11 is 2.47. The third-order valence-electron chi connectivity index (χ3n) is 0.667. The van der Waals surface area contributed by atoms with Crippen LogP contribution in [0.1, 0.15) is 0 Å². The fraction of sp³-hybridized carbons (Fsp3) is 0. The first kappa shape index (κ1) is 18.3. The number of rotatable bonds is 0. The molecule has 0 aromatic heterocycles. The zero-order valence-corrected chi connectivity index (χ0v) is 10.4. The van der Waals surface area contributed by atoms with Crippen LogP contribution in [-0.2, 0) is 11.6 Å². The van der Waals surface area contributed by atoms with Crippen LogP contribution in [0.25, 0.3) is 5.25 Å². The van der Waals surface area contributed by atoms with Gasteiger partial charge >= 0.3 is 29.6 Å². The number of halogens is 1. The van der Waals surface area contributed by atoms with Crippen LogP contribution in [-0.4, -0.2) is 8.42 Å². The molecule has 0 spiro atoms. The second-order valence-electron chi connectivity index (χ2n) is 1.24. The van der Waals surface area contributed by atoms with E-state index in [1.54, 1.807) is 0 Å². The maximum absolute atomic E-state index is 8.40. The fourth-order valence-electron chi connectivity index (χ4n) is 0.385. The molecule has 1 aromatic rings. The minimum Gasteiger partial charge on any atom is -0.590 e. The summed E-state index contributed by atoms with van der Waals surface area (Å²) < 4.78 is 16.8. The molecule has 0 bridgehead atoms. The van der Waals surface area contributed by atoms with Crippen molar-refractivity contribution in [3.63, 3.8) is 0 Å². The van der Waals surface area contributed by atoms with Gasteiger partial charge in [0.05, 0.1) is 0 Å². The van der Waals surface area contributed by atoms with Crippen LogP contribution >= 0.6 is 11.8 Å². The number of hydrogen-bond donors (Lipinski definition) is 0. The second kappa shape index (κ2) is 22.5. The van der Waals surface area contributed by atoms with Gasteiger partial charge in [0, 0.05) is 0 Å². The van der Waals surface area contributed by atoms with E-state index in [1.807, 2.05) is 36.4 Å². The molecule has 0 aliphatic carbocycles. The number of hydrogen-bond acceptors (Lipinski definition) is 2. The van der Waals surface area contributed by atoms with Crippen LogP contribution in [0, 0.1) is 0 Å². The van der Waals surface area contributed by atoms with E-state index in [4.69, 9.17) is 13.7 Å². The standard InChI is InChI=1S/C6H6.ClHN.Na.H2O2S/c1-2-4-6-5-3-1;1-2;;1-3-2/h1-6H;2H;;3H2/q;-1;+1;. The maximum atomic E-state index is 8.40. The Morgan fingerprint density at radius 3 is 1.00 bits per heavy atom. The average molecular weight is 218 g/mol. The van der Waals surface area contributed by atoms with Crippen molar-refractivity contribution in [2.24, 2.45) is 0 Å². The van der Waals surface area contributed by atoms with Gasteiger partial charge in [-0.1, -0.05) is 36.4 Å². The molecule has 0 saturated heterocycles. The molecule has 0 atom stereocenters. The first-order valence-electron chi connectivity index (χ1n) is 2.60. The van der Waals surface area contributed by atoms with E-state index in [9.17, 15) is 0 Å². The van der Waals surface area contributed by atoms with Gasteiger partial charge in [-0.15, -0.1) is 0 Å². The molecule has 0 amide bonds. The van der Waals surface area contributed by atoms with Crippen LogP contribution in [0.3, 0.4) is 0 Å². The molecule has 64 valence electrons. The Hall–Kier alpha value is 0.420. The molecule has 1 aromatic carbocycles. The molecule has 1 N–H and O–H groups in total. The van der Waals surface area contributed by atoms with Crippen molar-refractivity contribution in [1.29, 1.82) is 0 Å². The third-order valence-corrected chi connectivity index (χ3v) is 0.667. The summed E-state index contributed by atoms with van der Waals surface area (Å²) in [5.41, 5.74) is 0. The molecular formula is C6H9ClNNaO2S. The molecule has 3 nitrogen and oxygen atoms in total. The molecule has 1 rings (SSSR count). The van der Waals surface area contributed by atoms with E-state index >= 15 is 0 Å². The topological polar surface area (TPSA) is 57.9 Å². The third kappa shape index (κ3) is 22.4. The van der Waals surface area contributed by atoms with E-state index in [1.165, 1.54) is 0 Å². The van der Waals surface area contributed by atoms with E-state index in [-0.39, 0.29) is 29.6 Å². The predicted molar refractivity (Wildman–Crippen MR) is 48.3 cm³/mol. The maximum Gasteiger partial charge on any atom is 1.00 e. The van der Waals surface area contributed by atoms with Crippen molar-refractivity contribution in [1.82, 2.24) is 0 Å². The molecule has 0 radical (unpaired) electrons. The van der Waals surface area contributed by atoms with Gasteiger partial charge in [0.2, 0.25) is 0 Å². The van der Waals surface area contributed by atoms with Crippen LogP contribution in [0.2, 0.25) is 0 Å². The minimum atomic E-state index is -1.42. The quantitative estimate of drug-likeness (QED) is 0.506. The Morgan fingerprint density at radius 2 is 0.917 bits per heavy atom. The van der Waals surface area contributed by atoms with Crippen LogP contribution in [0.4, 0.5) is 0 Å². The fourth-order valence-corrected chi connectivity index (χ4v) is 0.385. The van der Waals surface area contributed by atoms with E-state index in [2.05, 4.69) is 11.8 Å². The summed E-state index contributed by atoms with van der Waals surface area (Å²) in [6.45, 7) is 0. The summed E-state index contributed by atoms with van der Waals surface area (Å²) in [4.78, 5) is 0. The van der Waals surface area contributed by atoms with Crippen LogP contribution in [0.15, 0.2) is 36.4 Å². The Bertz CT molecular complexity index is 155. The van der Waals surface area contributed by atoms with Crippen molar-refractivity contribution < 1.29 is 38.0 Å². The normalized spacial score (nSPS) is 5.83. The SMILES string of the molecule is O=[SH2]=O.[NH-]Cl.[Na+].c1ccccc1. The van der Waals surface area contributed by atoms with Gasteiger partial charge in [-0.2, -0.15) is 0 Å². The first-order chi connectivity index (χ1) is 5.41.